The normalized spacial score (nSPS) is 13.5. The van der Waals surface area contributed by atoms with Gasteiger partial charge in [-0.25, -0.2) is 0 Å². The SMILES string of the molecule is N[C@H](C(=O)O)c1ccc(P(=O)(O)O)cc1. The Morgan fingerprint density at radius 1 is 1.27 bits per heavy atom. The van der Waals surface area contributed by atoms with Crippen molar-refractivity contribution >= 4 is 18.9 Å². The molecule has 15 heavy (non-hydrogen) atoms. The summed E-state index contributed by atoms with van der Waals surface area (Å²) in [6.45, 7) is 0. The van der Waals surface area contributed by atoms with Crippen LogP contribution in [0.4, 0.5) is 0 Å². The van der Waals surface area contributed by atoms with Crippen molar-refractivity contribution in [3.63, 3.8) is 0 Å². The minimum Gasteiger partial charge on any atom is -0.480 e. The number of carboxylic acid groups (broad SMARTS) is 1. The minimum absolute atomic E-state index is 0.163. The molecule has 0 bridgehead atoms. The van der Waals surface area contributed by atoms with Crippen LogP contribution >= 0.6 is 7.60 Å². The standard InChI is InChI=1S/C8H10NO5P/c9-7(8(10)11)5-1-3-6(4-2-5)15(12,13)14/h1-4,7H,9H2,(H,10,11)(H2,12,13,14)/t7-/m0/s1. The quantitative estimate of drug-likeness (QED) is 0.524. The highest BCUT2D eigenvalue weighted by Gasteiger charge is 2.18. The van der Waals surface area contributed by atoms with Gasteiger partial charge in [-0.3, -0.25) is 9.36 Å². The van der Waals surface area contributed by atoms with Crippen molar-refractivity contribution in [2.45, 2.75) is 6.04 Å². The topological polar surface area (TPSA) is 121 Å². The van der Waals surface area contributed by atoms with Gasteiger partial charge in [0, 0.05) is 0 Å². The molecule has 0 fully saturated rings. The number of hydrogen-bond donors (Lipinski definition) is 4. The van der Waals surface area contributed by atoms with Gasteiger partial charge in [-0.05, 0) is 17.7 Å². The van der Waals surface area contributed by atoms with E-state index in [-0.39, 0.29) is 5.30 Å². The highest BCUT2D eigenvalue weighted by molar-refractivity contribution is 7.60. The van der Waals surface area contributed by atoms with E-state index in [9.17, 15) is 9.36 Å². The van der Waals surface area contributed by atoms with E-state index in [1.165, 1.54) is 24.3 Å². The van der Waals surface area contributed by atoms with Crippen molar-refractivity contribution in [2.75, 3.05) is 0 Å². The van der Waals surface area contributed by atoms with E-state index < -0.39 is 19.6 Å². The lowest BCUT2D eigenvalue weighted by Gasteiger charge is -2.08. The Bertz CT molecular complexity index is 410. The molecule has 0 aliphatic rings. The summed E-state index contributed by atoms with van der Waals surface area (Å²) in [6.07, 6.45) is 0. The van der Waals surface area contributed by atoms with Crippen molar-refractivity contribution in [2.24, 2.45) is 5.73 Å². The van der Waals surface area contributed by atoms with Crippen molar-refractivity contribution in [1.82, 2.24) is 0 Å². The zero-order chi connectivity index (χ0) is 11.6. The number of carboxylic acids is 1. The fourth-order valence-electron chi connectivity index (χ4n) is 1.02. The number of hydrogen-bond acceptors (Lipinski definition) is 3. The van der Waals surface area contributed by atoms with Crippen LogP contribution in [-0.2, 0) is 9.36 Å². The summed E-state index contributed by atoms with van der Waals surface area (Å²) in [6, 6.07) is 3.72. The average molecular weight is 231 g/mol. The van der Waals surface area contributed by atoms with E-state index in [1.54, 1.807) is 0 Å². The van der Waals surface area contributed by atoms with Gasteiger partial charge < -0.3 is 20.6 Å². The molecule has 0 saturated heterocycles. The zero-order valence-corrected chi connectivity index (χ0v) is 8.46. The molecule has 0 saturated carbocycles. The van der Waals surface area contributed by atoms with E-state index in [0.29, 0.717) is 5.56 Å². The molecule has 1 aromatic carbocycles. The molecular weight excluding hydrogens is 221 g/mol. The fraction of sp³-hybridized carbons (Fsp3) is 0.125. The molecule has 0 unspecified atom stereocenters. The largest absolute Gasteiger partial charge is 0.480 e. The Hall–Kier alpha value is -1.20. The molecule has 1 atom stereocenters. The number of benzene rings is 1. The van der Waals surface area contributed by atoms with Gasteiger partial charge in [-0.1, -0.05) is 12.1 Å². The van der Waals surface area contributed by atoms with Gasteiger partial charge in [0.05, 0.1) is 5.30 Å². The second kappa shape index (κ2) is 4.12. The van der Waals surface area contributed by atoms with Crippen LogP contribution in [0.3, 0.4) is 0 Å². The highest BCUT2D eigenvalue weighted by Crippen LogP contribution is 2.33. The van der Waals surface area contributed by atoms with Crippen LogP contribution in [0.25, 0.3) is 0 Å². The number of aliphatic carboxylic acids is 1. The summed E-state index contributed by atoms with van der Waals surface area (Å²) in [7, 11) is -4.28. The van der Waals surface area contributed by atoms with Crippen LogP contribution < -0.4 is 11.0 Å². The predicted octanol–water partition coefficient (Wildman–Crippen LogP) is -0.426. The van der Waals surface area contributed by atoms with Gasteiger partial charge in [0.15, 0.2) is 0 Å². The second-order valence-electron chi connectivity index (χ2n) is 2.95. The number of rotatable bonds is 3. The van der Waals surface area contributed by atoms with Crippen molar-refractivity contribution in [3.05, 3.63) is 29.8 Å². The molecular formula is C8H10NO5P. The number of nitrogens with two attached hydrogens (primary N) is 1. The first-order valence-electron chi connectivity index (χ1n) is 3.97. The van der Waals surface area contributed by atoms with Crippen LogP contribution in [0.15, 0.2) is 24.3 Å². The summed E-state index contributed by atoms with van der Waals surface area (Å²) in [5.74, 6) is -1.20. The van der Waals surface area contributed by atoms with E-state index in [0.717, 1.165) is 0 Å². The predicted molar refractivity (Wildman–Crippen MR) is 52.7 cm³/mol. The second-order valence-corrected chi connectivity index (χ2v) is 4.56. The smallest absolute Gasteiger partial charge is 0.356 e. The van der Waals surface area contributed by atoms with Gasteiger partial charge >= 0.3 is 13.6 Å². The van der Waals surface area contributed by atoms with Crippen molar-refractivity contribution in [1.29, 1.82) is 0 Å². The van der Waals surface area contributed by atoms with Gasteiger partial charge in [0.2, 0.25) is 0 Å². The van der Waals surface area contributed by atoms with Crippen molar-refractivity contribution in [3.8, 4) is 0 Å². The van der Waals surface area contributed by atoms with Crippen LogP contribution in [0.2, 0.25) is 0 Å². The molecule has 0 spiro atoms. The van der Waals surface area contributed by atoms with Crippen LogP contribution in [0, 0.1) is 0 Å². The van der Waals surface area contributed by atoms with E-state index >= 15 is 0 Å². The molecule has 0 heterocycles. The van der Waals surface area contributed by atoms with Crippen LogP contribution in [0.5, 0.6) is 0 Å². The Kier molecular flexibility index (Phi) is 3.26. The van der Waals surface area contributed by atoms with E-state index in [4.69, 9.17) is 20.6 Å². The zero-order valence-electron chi connectivity index (χ0n) is 7.57. The summed E-state index contributed by atoms with van der Waals surface area (Å²) in [5.41, 5.74) is 5.59. The molecule has 5 N–H and O–H groups in total. The molecule has 0 amide bonds. The van der Waals surface area contributed by atoms with Gasteiger partial charge in [-0.2, -0.15) is 0 Å². The maximum absolute atomic E-state index is 10.8. The first-order chi connectivity index (χ1) is 6.82. The van der Waals surface area contributed by atoms with Gasteiger partial charge in [-0.15, -0.1) is 0 Å². The van der Waals surface area contributed by atoms with Gasteiger partial charge in [0.25, 0.3) is 0 Å². The fourth-order valence-corrected chi connectivity index (χ4v) is 1.56. The lowest BCUT2D eigenvalue weighted by Crippen LogP contribution is -2.21. The molecule has 0 aliphatic heterocycles. The molecule has 82 valence electrons. The van der Waals surface area contributed by atoms with E-state index in [2.05, 4.69) is 0 Å². The summed E-state index contributed by atoms with van der Waals surface area (Å²) < 4.78 is 10.8. The maximum Gasteiger partial charge on any atom is 0.356 e. The van der Waals surface area contributed by atoms with Crippen LogP contribution in [-0.4, -0.2) is 20.9 Å². The minimum atomic E-state index is -4.28. The Morgan fingerprint density at radius 3 is 2.07 bits per heavy atom. The number of carbonyl (C=O) groups is 1. The summed E-state index contributed by atoms with van der Waals surface area (Å²) in [5, 5.41) is 8.42. The Morgan fingerprint density at radius 2 is 1.73 bits per heavy atom. The Labute approximate surface area is 85.5 Å². The summed E-state index contributed by atoms with van der Waals surface area (Å²) >= 11 is 0. The summed E-state index contributed by atoms with van der Waals surface area (Å²) in [4.78, 5) is 28.1. The molecule has 6 nitrogen and oxygen atoms in total. The molecule has 1 aromatic rings. The van der Waals surface area contributed by atoms with Crippen LogP contribution in [0.1, 0.15) is 11.6 Å². The van der Waals surface area contributed by atoms with E-state index in [1.807, 2.05) is 0 Å². The third kappa shape index (κ3) is 2.87. The third-order valence-corrected chi connectivity index (χ3v) is 2.83. The third-order valence-electron chi connectivity index (χ3n) is 1.85. The molecule has 7 heteroatoms. The van der Waals surface area contributed by atoms with Gasteiger partial charge in [0.1, 0.15) is 6.04 Å². The first kappa shape index (κ1) is 11.9. The highest BCUT2D eigenvalue weighted by atomic mass is 31.2. The first-order valence-corrected chi connectivity index (χ1v) is 5.58. The molecule has 0 aliphatic carbocycles. The molecule has 0 aromatic heterocycles. The monoisotopic (exact) mass is 231 g/mol. The maximum atomic E-state index is 10.8. The lowest BCUT2D eigenvalue weighted by atomic mass is 10.1. The van der Waals surface area contributed by atoms with Crippen molar-refractivity contribution < 1.29 is 24.3 Å². The lowest BCUT2D eigenvalue weighted by molar-refractivity contribution is -0.138. The Balaban J connectivity index is 3.00. The molecule has 1 rings (SSSR count). The average Bonchev–Trinajstić information content (AvgIpc) is 2.15. The molecule has 0 radical (unpaired) electrons.